The van der Waals surface area contributed by atoms with E-state index in [4.69, 9.17) is 9.15 Å². The van der Waals surface area contributed by atoms with Crippen molar-refractivity contribution in [1.82, 2.24) is 15.8 Å². The third-order valence-electron chi connectivity index (χ3n) is 4.19. The van der Waals surface area contributed by atoms with Crippen LogP contribution >= 0.6 is 0 Å². The lowest BCUT2D eigenvalue weighted by atomic mass is 10.1. The van der Waals surface area contributed by atoms with Crippen molar-refractivity contribution in [3.63, 3.8) is 0 Å². The van der Waals surface area contributed by atoms with Crippen molar-refractivity contribution in [1.29, 1.82) is 0 Å². The fourth-order valence-corrected chi connectivity index (χ4v) is 2.65. The summed E-state index contributed by atoms with van der Waals surface area (Å²) in [7, 11) is 1.46. The third kappa shape index (κ3) is 5.13. The second-order valence-corrected chi connectivity index (χ2v) is 6.44. The van der Waals surface area contributed by atoms with Crippen molar-refractivity contribution < 1.29 is 23.5 Å². The van der Waals surface area contributed by atoms with Crippen LogP contribution in [0.5, 0.6) is 5.75 Å². The molecule has 0 aliphatic rings. The standard InChI is InChI=1S/C21H21N3O5/c1-14(29-17-10-9-15-6-3-4-7-16(15)12-17)20(26)23-22-19(25)13-24(2)21(27)18-8-5-11-28-18/h3-12,14H,13H2,1-2H3,(H,22,25)(H,23,26). The number of nitrogens with zero attached hydrogens (tertiary/aromatic N) is 1. The van der Waals surface area contributed by atoms with Crippen molar-refractivity contribution in [3.8, 4) is 5.75 Å². The summed E-state index contributed by atoms with van der Waals surface area (Å²) in [5, 5.41) is 2.06. The van der Waals surface area contributed by atoms with Gasteiger partial charge in [0, 0.05) is 7.05 Å². The Labute approximate surface area is 167 Å². The first-order valence-corrected chi connectivity index (χ1v) is 8.97. The van der Waals surface area contributed by atoms with Gasteiger partial charge in [-0.3, -0.25) is 25.2 Å². The molecule has 2 N–H and O–H groups in total. The quantitative estimate of drug-likeness (QED) is 0.623. The molecule has 1 unspecified atom stereocenters. The number of carbonyl (C=O) groups is 3. The number of furan rings is 1. The van der Waals surface area contributed by atoms with E-state index in [1.807, 2.05) is 36.4 Å². The van der Waals surface area contributed by atoms with Crippen molar-refractivity contribution in [2.45, 2.75) is 13.0 Å². The first-order valence-electron chi connectivity index (χ1n) is 8.97. The summed E-state index contributed by atoms with van der Waals surface area (Å²) in [5.41, 5.74) is 4.56. The third-order valence-corrected chi connectivity index (χ3v) is 4.19. The summed E-state index contributed by atoms with van der Waals surface area (Å²) < 4.78 is 10.6. The molecular formula is C21H21N3O5. The van der Waals surface area contributed by atoms with Gasteiger partial charge in [-0.2, -0.15) is 0 Å². The van der Waals surface area contributed by atoms with Crippen molar-refractivity contribution in [2.75, 3.05) is 13.6 Å². The highest BCUT2D eigenvalue weighted by Gasteiger charge is 2.19. The Kier molecular flexibility index (Phi) is 6.13. The van der Waals surface area contributed by atoms with E-state index in [9.17, 15) is 14.4 Å². The number of hydrazine groups is 1. The molecule has 1 heterocycles. The largest absolute Gasteiger partial charge is 0.481 e. The predicted octanol–water partition coefficient (Wildman–Crippen LogP) is 2.12. The number of amides is 3. The highest BCUT2D eigenvalue weighted by Crippen LogP contribution is 2.21. The van der Waals surface area contributed by atoms with Gasteiger partial charge in [-0.1, -0.05) is 30.3 Å². The van der Waals surface area contributed by atoms with E-state index in [1.165, 1.54) is 24.3 Å². The summed E-state index contributed by atoms with van der Waals surface area (Å²) in [6.45, 7) is 1.32. The van der Waals surface area contributed by atoms with Crippen LogP contribution in [0, 0.1) is 0 Å². The van der Waals surface area contributed by atoms with Crippen LogP contribution in [0.1, 0.15) is 17.5 Å². The van der Waals surface area contributed by atoms with Gasteiger partial charge in [-0.15, -0.1) is 0 Å². The van der Waals surface area contributed by atoms with Gasteiger partial charge in [0.1, 0.15) is 12.3 Å². The van der Waals surface area contributed by atoms with Crippen molar-refractivity contribution >= 4 is 28.5 Å². The van der Waals surface area contributed by atoms with Gasteiger partial charge in [0.15, 0.2) is 11.9 Å². The molecule has 0 saturated carbocycles. The molecule has 8 heteroatoms. The summed E-state index contributed by atoms with van der Waals surface area (Å²) in [5.74, 6) is -0.849. The molecule has 150 valence electrons. The van der Waals surface area contributed by atoms with Crippen LogP contribution in [-0.4, -0.2) is 42.3 Å². The fraction of sp³-hybridized carbons (Fsp3) is 0.190. The SMILES string of the molecule is CC(Oc1ccc2ccccc2c1)C(=O)NNC(=O)CN(C)C(=O)c1ccco1. The molecule has 0 spiro atoms. The summed E-state index contributed by atoms with van der Waals surface area (Å²) >= 11 is 0. The first kappa shape index (κ1) is 19.9. The van der Waals surface area contributed by atoms with Gasteiger partial charge in [0.05, 0.1) is 6.26 Å². The number of hydrogen-bond donors (Lipinski definition) is 2. The average molecular weight is 395 g/mol. The maximum absolute atomic E-state index is 12.2. The number of nitrogens with one attached hydrogen (secondary N) is 2. The number of likely N-dealkylation sites (N-methyl/N-ethyl adjacent to an activating group) is 1. The normalized spacial score (nSPS) is 11.5. The van der Waals surface area contributed by atoms with Crippen molar-refractivity contribution in [3.05, 3.63) is 66.6 Å². The molecule has 3 rings (SSSR count). The minimum Gasteiger partial charge on any atom is -0.481 e. The molecule has 3 amide bonds. The van der Waals surface area contributed by atoms with Crippen LogP contribution in [0.4, 0.5) is 0 Å². The first-order chi connectivity index (χ1) is 13.9. The van der Waals surface area contributed by atoms with Crippen molar-refractivity contribution in [2.24, 2.45) is 0 Å². The number of benzene rings is 2. The number of carbonyl (C=O) groups excluding carboxylic acids is 3. The molecule has 1 aromatic heterocycles. The molecule has 2 aromatic carbocycles. The number of fused-ring (bicyclic) bond motifs is 1. The molecular weight excluding hydrogens is 374 g/mol. The van der Waals surface area contributed by atoms with E-state index >= 15 is 0 Å². The van der Waals surface area contributed by atoms with Gasteiger partial charge >= 0.3 is 0 Å². The van der Waals surface area contributed by atoms with Crippen LogP contribution in [0.15, 0.2) is 65.3 Å². The molecule has 0 aliphatic carbocycles. The van der Waals surface area contributed by atoms with E-state index in [0.29, 0.717) is 5.75 Å². The Morgan fingerprint density at radius 2 is 1.79 bits per heavy atom. The van der Waals surface area contributed by atoms with Crippen LogP contribution < -0.4 is 15.6 Å². The molecule has 29 heavy (non-hydrogen) atoms. The Balaban J connectivity index is 1.47. The Bertz CT molecular complexity index is 1020. The molecule has 1 atom stereocenters. The zero-order chi connectivity index (χ0) is 20.8. The topological polar surface area (TPSA) is 101 Å². The maximum Gasteiger partial charge on any atom is 0.289 e. The molecule has 0 bridgehead atoms. The van der Waals surface area contributed by atoms with Crippen LogP contribution in [0.3, 0.4) is 0 Å². The average Bonchev–Trinajstić information content (AvgIpc) is 3.26. The molecule has 0 saturated heterocycles. The van der Waals surface area contributed by atoms with Gasteiger partial charge in [0.2, 0.25) is 0 Å². The van der Waals surface area contributed by atoms with E-state index in [2.05, 4.69) is 10.9 Å². The van der Waals surface area contributed by atoms with E-state index in [0.717, 1.165) is 10.8 Å². The smallest absolute Gasteiger partial charge is 0.289 e. The van der Waals surface area contributed by atoms with Crippen LogP contribution in [-0.2, 0) is 9.59 Å². The minimum atomic E-state index is -0.834. The van der Waals surface area contributed by atoms with Gasteiger partial charge in [-0.25, -0.2) is 0 Å². The maximum atomic E-state index is 12.2. The van der Waals surface area contributed by atoms with Gasteiger partial charge in [-0.05, 0) is 42.0 Å². The number of hydrogen-bond acceptors (Lipinski definition) is 5. The summed E-state index contributed by atoms with van der Waals surface area (Å²) in [6, 6.07) is 16.4. The van der Waals surface area contributed by atoms with E-state index < -0.39 is 23.8 Å². The minimum absolute atomic E-state index is 0.127. The monoisotopic (exact) mass is 395 g/mol. The molecule has 0 aliphatic heterocycles. The zero-order valence-electron chi connectivity index (χ0n) is 16.0. The second kappa shape index (κ2) is 8.92. The number of rotatable bonds is 6. The summed E-state index contributed by atoms with van der Waals surface area (Å²) in [4.78, 5) is 37.3. The lowest BCUT2D eigenvalue weighted by Crippen LogP contribution is -2.50. The van der Waals surface area contributed by atoms with Gasteiger partial charge in [0.25, 0.3) is 17.7 Å². The van der Waals surface area contributed by atoms with Crippen LogP contribution in [0.2, 0.25) is 0 Å². The second-order valence-electron chi connectivity index (χ2n) is 6.44. The van der Waals surface area contributed by atoms with Crippen LogP contribution in [0.25, 0.3) is 10.8 Å². The van der Waals surface area contributed by atoms with Gasteiger partial charge < -0.3 is 14.1 Å². The fourth-order valence-electron chi connectivity index (χ4n) is 2.65. The number of ether oxygens (including phenoxy) is 1. The highest BCUT2D eigenvalue weighted by atomic mass is 16.5. The predicted molar refractivity (Wildman–Crippen MR) is 106 cm³/mol. The lowest BCUT2D eigenvalue weighted by molar-refractivity contribution is -0.132. The Morgan fingerprint density at radius 3 is 2.52 bits per heavy atom. The van der Waals surface area contributed by atoms with E-state index in [-0.39, 0.29) is 12.3 Å². The Morgan fingerprint density at radius 1 is 1.03 bits per heavy atom. The molecule has 8 nitrogen and oxygen atoms in total. The zero-order valence-corrected chi connectivity index (χ0v) is 16.0. The lowest BCUT2D eigenvalue weighted by Gasteiger charge is -2.18. The molecule has 0 fully saturated rings. The molecule has 0 radical (unpaired) electrons. The summed E-state index contributed by atoms with van der Waals surface area (Å²) in [6.07, 6.45) is 0.539. The highest BCUT2D eigenvalue weighted by molar-refractivity contribution is 5.94. The molecule has 3 aromatic rings. The van der Waals surface area contributed by atoms with E-state index in [1.54, 1.807) is 19.1 Å². The Hall–Kier alpha value is -3.81.